The standard InChI is InChI=1S/C28H44O7/c1-5-16-6-8-18-17-7-9-20-25(35-26-24(32)23(31)22(14-33-26)34-15(2)29)21(30)11-13-28(20,4)19(17)10-12-27(16,18)3/h5,16-26,30-32H,1,6-14H2,2-4H3. The fourth-order valence-corrected chi connectivity index (χ4v) is 9.26. The number of aliphatic hydroxyl groups excluding tert-OH is 3. The predicted molar refractivity (Wildman–Crippen MR) is 129 cm³/mol. The van der Waals surface area contributed by atoms with Gasteiger partial charge in [-0.1, -0.05) is 19.9 Å². The average molecular weight is 493 g/mol. The van der Waals surface area contributed by atoms with E-state index in [0.717, 1.165) is 25.2 Å². The Bertz CT molecular complexity index is 817. The number of ether oxygens (including phenoxy) is 3. The van der Waals surface area contributed by atoms with E-state index >= 15 is 0 Å². The van der Waals surface area contributed by atoms with Crippen LogP contribution in [0.4, 0.5) is 0 Å². The van der Waals surface area contributed by atoms with E-state index in [1.54, 1.807) is 0 Å². The Labute approximate surface area is 209 Å². The molecule has 35 heavy (non-hydrogen) atoms. The normalized spacial score (nSPS) is 53.7. The van der Waals surface area contributed by atoms with Gasteiger partial charge in [0.1, 0.15) is 12.2 Å². The van der Waals surface area contributed by atoms with Crippen molar-refractivity contribution < 1.29 is 34.3 Å². The van der Waals surface area contributed by atoms with Gasteiger partial charge in [0, 0.05) is 6.92 Å². The molecule has 198 valence electrons. The first kappa shape index (κ1) is 25.7. The minimum absolute atomic E-state index is 0.0529. The van der Waals surface area contributed by atoms with Gasteiger partial charge < -0.3 is 29.5 Å². The number of esters is 1. The number of hydrogen-bond acceptors (Lipinski definition) is 7. The number of aliphatic hydroxyl groups is 3. The van der Waals surface area contributed by atoms with Gasteiger partial charge in [-0.05, 0) is 91.8 Å². The molecule has 0 aromatic rings. The van der Waals surface area contributed by atoms with Gasteiger partial charge in [-0.2, -0.15) is 0 Å². The van der Waals surface area contributed by atoms with E-state index in [0.29, 0.717) is 29.6 Å². The molecular weight excluding hydrogens is 448 g/mol. The summed E-state index contributed by atoms with van der Waals surface area (Å²) in [5.74, 6) is 2.31. The summed E-state index contributed by atoms with van der Waals surface area (Å²) >= 11 is 0. The van der Waals surface area contributed by atoms with E-state index < -0.39 is 42.8 Å². The highest BCUT2D eigenvalue weighted by Crippen LogP contribution is 2.67. The van der Waals surface area contributed by atoms with Crippen LogP contribution in [0.1, 0.15) is 72.1 Å². The Balaban J connectivity index is 1.32. The van der Waals surface area contributed by atoms with Gasteiger partial charge in [0.15, 0.2) is 12.4 Å². The molecule has 3 N–H and O–H groups in total. The largest absolute Gasteiger partial charge is 0.457 e. The summed E-state index contributed by atoms with van der Waals surface area (Å²) in [5, 5.41) is 32.2. The second-order valence-electron chi connectivity index (χ2n) is 12.6. The SMILES string of the molecule is C=CC1CCC2C3CCC4C(OC5OCC(OC(C)=O)C(O)C5O)C(O)CCC4(C)C3CCC12C. The lowest BCUT2D eigenvalue weighted by molar-refractivity contribution is -0.311. The summed E-state index contributed by atoms with van der Waals surface area (Å²) in [4.78, 5) is 11.3. The topological polar surface area (TPSA) is 105 Å². The molecule has 4 aliphatic carbocycles. The van der Waals surface area contributed by atoms with Crippen LogP contribution in [0, 0.1) is 40.4 Å². The Hall–Kier alpha value is -0.990. The molecule has 0 aromatic carbocycles. The van der Waals surface area contributed by atoms with Crippen LogP contribution in [0.25, 0.3) is 0 Å². The molecule has 1 aliphatic heterocycles. The molecule has 5 rings (SSSR count). The maximum atomic E-state index is 11.3. The quantitative estimate of drug-likeness (QED) is 0.409. The third-order valence-corrected chi connectivity index (χ3v) is 11.1. The molecule has 5 fully saturated rings. The van der Waals surface area contributed by atoms with E-state index in [9.17, 15) is 20.1 Å². The van der Waals surface area contributed by atoms with E-state index in [1.165, 1.54) is 32.6 Å². The molecule has 4 saturated carbocycles. The summed E-state index contributed by atoms with van der Waals surface area (Å²) in [7, 11) is 0. The highest BCUT2D eigenvalue weighted by atomic mass is 16.7. The molecule has 1 saturated heterocycles. The zero-order valence-corrected chi connectivity index (χ0v) is 21.5. The lowest BCUT2D eigenvalue weighted by Crippen LogP contribution is -2.61. The number of allylic oxidation sites excluding steroid dienone is 1. The maximum Gasteiger partial charge on any atom is 0.303 e. The van der Waals surface area contributed by atoms with Crippen molar-refractivity contribution in [3.63, 3.8) is 0 Å². The van der Waals surface area contributed by atoms with Crippen LogP contribution < -0.4 is 0 Å². The molecule has 0 bridgehead atoms. The van der Waals surface area contributed by atoms with Crippen LogP contribution in [-0.2, 0) is 19.0 Å². The molecule has 0 amide bonds. The number of rotatable bonds is 4. The van der Waals surface area contributed by atoms with Gasteiger partial charge in [-0.25, -0.2) is 0 Å². The summed E-state index contributed by atoms with van der Waals surface area (Å²) in [6.45, 7) is 10.3. The van der Waals surface area contributed by atoms with Gasteiger partial charge >= 0.3 is 5.97 Å². The highest BCUT2D eigenvalue weighted by Gasteiger charge is 2.62. The lowest BCUT2D eigenvalue weighted by atomic mass is 9.44. The van der Waals surface area contributed by atoms with Crippen molar-refractivity contribution in [1.82, 2.24) is 0 Å². The van der Waals surface area contributed by atoms with Crippen LogP contribution in [0.5, 0.6) is 0 Å². The zero-order valence-electron chi connectivity index (χ0n) is 21.5. The first-order valence-electron chi connectivity index (χ1n) is 13.7. The molecule has 0 spiro atoms. The minimum Gasteiger partial charge on any atom is -0.457 e. The molecule has 0 aromatic heterocycles. The lowest BCUT2D eigenvalue weighted by Gasteiger charge is -2.62. The highest BCUT2D eigenvalue weighted by molar-refractivity contribution is 5.66. The van der Waals surface area contributed by atoms with Crippen LogP contribution >= 0.6 is 0 Å². The van der Waals surface area contributed by atoms with Crippen molar-refractivity contribution in [3.05, 3.63) is 12.7 Å². The molecule has 13 unspecified atom stereocenters. The van der Waals surface area contributed by atoms with Crippen molar-refractivity contribution in [2.75, 3.05) is 6.61 Å². The van der Waals surface area contributed by atoms with Gasteiger partial charge in [-0.15, -0.1) is 6.58 Å². The molecule has 1 heterocycles. The second kappa shape index (κ2) is 9.39. The number of hydrogen-bond donors (Lipinski definition) is 3. The van der Waals surface area contributed by atoms with Crippen LogP contribution in [0.2, 0.25) is 0 Å². The third-order valence-electron chi connectivity index (χ3n) is 11.1. The number of carbonyl (C=O) groups is 1. The Morgan fingerprint density at radius 1 is 0.943 bits per heavy atom. The summed E-state index contributed by atoms with van der Waals surface area (Å²) in [5.41, 5.74) is 0.434. The molecular formula is C28H44O7. The average Bonchev–Trinajstić information content (AvgIpc) is 3.16. The van der Waals surface area contributed by atoms with E-state index in [-0.39, 0.29) is 17.9 Å². The monoisotopic (exact) mass is 492 g/mol. The smallest absolute Gasteiger partial charge is 0.303 e. The Morgan fingerprint density at radius 3 is 2.34 bits per heavy atom. The van der Waals surface area contributed by atoms with Crippen LogP contribution in [0.3, 0.4) is 0 Å². The van der Waals surface area contributed by atoms with E-state index in [1.807, 2.05) is 0 Å². The number of carbonyl (C=O) groups excluding carboxylic acids is 1. The third kappa shape index (κ3) is 4.10. The maximum absolute atomic E-state index is 11.3. The summed E-state index contributed by atoms with van der Waals surface area (Å²) in [6.07, 6.45) is 5.26. The molecule has 7 nitrogen and oxygen atoms in total. The van der Waals surface area contributed by atoms with Crippen molar-refractivity contribution >= 4 is 5.97 Å². The van der Waals surface area contributed by atoms with Crippen molar-refractivity contribution in [3.8, 4) is 0 Å². The Kier molecular flexibility index (Phi) is 6.88. The first-order chi connectivity index (χ1) is 16.6. The van der Waals surface area contributed by atoms with Gasteiger partial charge in [-0.3, -0.25) is 4.79 Å². The van der Waals surface area contributed by atoms with Crippen molar-refractivity contribution in [2.45, 2.75) is 109 Å². The zero-order chi connectivity index (χ0) is 25.1. The van der Waals surface area contributed by atoms with Crippen molar-refractivity contribution in [2.24, 2.45) is 40.4 Å². The second-order valence-corrected chi connectivity index (χ2v) is 12.6. The number of fused-ring (bicyclic) bond motifs is 5. The molecule has 13 atom stereocenters. The summed E-state index contributed by atoms with van der Waals surface area (Å²) in [6, 6.07) is 0. The Morgan fingerprint density at radius 2 is 1.63 bits per heavy atom. The van der Waals surface area contributed by atoms with Gasteiger partial charge in [0.05, 0.1) is 18.8 Å². The van der Waals surface area contributed by atoms with Crippen LogP contribution in [-0.4, -0.2) is 64.7 Å². The van der Waals surface area contributed by atoms with Crippen LogP contribution in [0.15, 0.2) is 12.7 Å². The molecule has 5 aliphatic rings. The fraction of sp³-hybridized carbons (Fsp3) is 0.893. The van der Waals surface area contributed by atoms with Gasteiger partial charge in [0.25, 0.3) is 0 Å². The predicted octanol–water partition coefficient (Wildman–Crippen LogP) is 3.20. The fourth-order valence-electron chi connectivity index (χ4n) is 9.26. The minimum atomic E-state index is -1.35. The summed E-state index contributed by atoms with van der Waals surface area (Å²) < 4.78 is 17.1. The van der Waals surface area contributed by atoms with Crippen molar-refractivity contribution in [1.29, 1.82) is 0 Å². The molecule has 0 radical (unpaired) electrons. The van der Waals surface area contributed by atoms with Gasteiger partial charge in [0.2, 0.25) is 0 Å². The van der Waals surface area contributed by atoms with E-state index in [4.69, 9.17) is 14.2 Å². The molecule has 7 heteroatoms. The first-order valence-corrected chi connectivity index (χ1v) is 13.7. The van der Waals surface area contributed by atoms with E-state index in [2.05, 4.69) is 26.5 Å².